The summed E-state index contributed by atoms with van der Waals surface area (Å²) < 4.78 is 5.62. The molecule has 1 unspecified atom stereocenters. The number of benzene rings is 2. The van der Waals surface area contributed by atoms with Gasteiger partial charge in [0.05, 0.1) is 6.61 Å². The maximum atomic E-state index is 10.5. The van der Waals surface area contributed by atoms with Crippen LogP contribution in [0.4, 0.5) is 0 Å². The highest BCUT2D eigenvalue weighted by atomic mass is 16.5. The summed E-state index contributed by atoms with van der Waals surface area (Å²) in [6.07, 6.45) is -3.97. The highest BCUT2D eigenvalue weighted by molar-refractivity contribution is 5.45. The van der Waals surface area contributed by atoms with E-state index < -0.39 is 37.1 Å². The van der Waals surface area contributed by atoms with Crippen LogP contribution in [0.2, 0.25) is 0 Å². The number of nitrogens with two attached hydrogens (primary N) is 1. The Balaban J connectivity index is 1.85. The molecule has 7 N–H and O–H groups in total. The molecule has 1 aliphatic heterocycles. The first kappa shape index (κ1) is 22.7. The standard InChI is InChI=1S/C23H31NO6/c1-13-9-18(26)17(23-22(29)21(28)20(27)19(12-25)30-23)11-16(13)10-15-6-4-14(5-7-15)3-2-8-24/h4-7,9,11,19-23,25-29H,2-3,8,10,12,24H2,1H3/t19-,20-,21?,22-,23+/m1/s1. The van der Waals surface area contributed by atoms with Gasteiger partial charge < -0.3 is 36.0 Å². The van der Waals surface area contributed by atoms with Crippen molar-refractivity contribution in [1.29, 1.82) is 0 Å². The van der Waals surface area contributed by atoms with E-state index in [2.05, 4.69) is 24.3 Å². The second-order valence-electron chi connectivity index (χ2n) is 7.97. The number of phenols is 1. The number of aryl methyl sites for hydroxylation is 2. The van der Waals surface area contributed by atoms with Gasteiger partial charge in [0.1, 0.15) is 36.3 Å². The van der Waals surface area contributed by atoms with Gasteiger partial charge in [-0.15, -0.1) is 0 Å². The number of phenolic OH excluding ortho intramolecular Hbond substituents is 1. The quantitative estimate of drug-likeness (QED) is 0.390. The minimum atomic E-state index is -1.49. The van der Waals surface area contributed by atoms with Crippen molar-refractivity contribution in [3.05, 3.63) is 64.2 Å². The van der Waals surface area contributed by atoms with E-state index in [4.69, 9.17) is 10.5 Å². The molecule has 3 rings (SSSR count). The van der Waals surface area contributed by atoms with E-state index in [-0.39, 0.29) is 5.75 Å². The molecule has 164 valence electrons. The van der Waals surface area contributed by atoms with Crippen molar-refractivity contribution in [2.75, 3.05) is 13.2 Å². The molecular weight excluding hydrogens is 386 g/mol. The number of ether oxygens (including phenoxy) is 1. The molecule has 5 atom stereocenters. The zero-order valence-corrected chi connectivity index (χ0v) is 17.1. The first-order valence-electron chi connectivity index (χ1n) is 10.3. The lowest BCUT2D eigenvalue weighted by Gasteiger charge is -2.40. The van der Waals surface area contributed by atoms with Crippen molar-refractivity contribution in [2.24, 2.45) is 5.73 Å². The fourth-order valence-electron chi connectivity index (χ4n) is 3.88. The Kier molecular flexibility index (Phi) is 7.46. The van der Waals surface area contributed by atoms with Crippen molar-refractivity contribution < 1.29 is 30.3 Å². The van der Waals surface area contributed by atoms with Crippen molar-refractivity contribution in [3.8, 4) is 5.75 Å². The predicted molar refractivity (Wildman–Crippen MR) is 112 cm³/mol. The van der Waals surface area contributed by atoms with E-state index in [1.165, 1.54) is 5.56 Å². The largest absolute Gasteiger partial charge is 0.508 e. The minimum Gasteiger partial charge on any atom is -0.508 e. The summed E-state index contributed by atoms with van der Waals surface area (Å²) in [4.78, 5) is 0. The molecule has 0 radical (unpaired) electrons. The first-order valence-corrected chi connectivity index (χ1v) is 10.3. The zero-order chi connectivity index (χ0) is 21.8. The van der Waals surface area contributed by atoms with Gasteiger partial charge in [-0.3, -0.25) is 0 Å². The van der Waals surface area contributed by atoms with Gasteiger partial charge in [0.25, 0.3) is 0 Å². The molecule has 0 aliphatic carbocycles. The van der Waals surface area contributed by atoms with Crippen molar-refractivity contribution >= 4 is 0 Å². The summed E-state index contributed by atoms with van der Waals surface area (Å²) >= 11 is 0. The maximum absolute atomic E-state index is 10.5. The number of aromatic hydroxyl groups is 1. The summed E-state index contributed by atoms with van der Waals surface area (Å²) in [5, 5.41) is 50.4. The molecule has 0 amide bonds. The smallest absolute Gasteiger partial charge is 0.121 e. The van der Waals surface area contributed by atoms with Crippen molar-refractivity contribution in [1.82, 2.24) is 0 Å². The van der Waals surface area contributed by atoms with Gasteiger partial charge in [-0.1, -0.05) is 24.3 Å². The van der Waals surface area contributed by atoms with Crippen molar-refractivity contribution in [2.45, 2.75) is 56.7 Å². The van der Waals surface area contributed by atoms with E-state index >= 15 is 0 Å². The number of aliphatic hydroxyl groups is 4. The summed E-state index contributed by atoms with van der Waals surface area (Å²) in [6.45, 7) is 2.04. The third-order valence-electron chi connectivity index (χ3n) is 5.77. The number of hydrogen-bond donors (Lipinski definition) is 6. The van der Waals surface area contributed by atoms with Gasteiger partial charge >= 0.3 is 0 Å². The molecular formula is C23H31NO6. The summed E-state index contributed by atoms with van der Waals surface area (Å²) in [5.74, 6) is -0.0716. The van der Waals surface area contributed by atoms with Crippen LogP contribution in [0.25, 0.3) is 0 Å². The van der Waals surface area contributed by atoms with Crippen LogP contribution >= 0.6 is 0 Å². The Hall–Kier alpha value is -2.00. The average Bonchev–Trinajstić information content (AvgIpc) is 2.74. The zero-order valence-electron chi connectivity index (χ0n) is 17.1. The molecule has 7 nitrogen and oxygen atoms in total. The highest BCUT2D eigenvalue weighted by Gasteiger charge is 2.44. The molecule has 2 aromatic carbocycles. The number of hydrogen-bond acceptors (Lipinski definition) is 7. The van der Waals surface area contributed by atoms with E-state index in [1.807, 2.05) is 6.92 Å². The third kappa shape index (κ3) is 4.83. The molecule has 2 aromatic rings. The van der Waals surface area contributed by atoms with E-state index in [9.17, 15) is 25.5 Å². The molecule has 7 heteroatoms. The molecule has 1 fully saturated rings. The van der Waals surface area contributed by atoms with Crippen LogP contribution in [0.3, 0.4) is 0 Å². The van der Waals surface area contributed by atoms with Crippen LogP contribution in [-0.2, 0) is 17.6 Å². The normalized spacial score (nSPS) is 26.7. The molecule has 1 saturated heterocycles. The monoisotopic (exact) mass is 417 g/mol. The summed E-state index contributed by atoms with van der Waals surface area (Å²) in [6, 6.07) is 11.6. The minimum absolute atomic E-state index is 0.0716. The Labute approximate surface area is 176 Å². The molecule has 1 heterocycles. The summed E-state index contributed by atoms with van der Waals surface area (Å²) in [7, 11) is 0. The van der Waals surface area contributed by atoms with Crippen molar-refractivity contribution in [3.63, 3.8) is 0 Å². The lowest BCUT2D eigenvalue weighted by atomic mass is 9.88. The summed E-state index contributed by atoms with van der Waals surface area (Å²) in [5.41, 5.74) is 10.0. The van der Waals surface area contributed by atoms with Gasteiger partial charge in [0.15, 0.2) is 0 Å². The van der Waals surface area contributed by atoms with Gasteiger partial charge in [0.2, 0.25) is 0 Å². The second-order valence-corrected chi connectivity index (χ2v) is 7.97. The number of aliphatic hydroxyl groups excluding tert-OH is 4. The lowest BCUT2D eigenvalue weighted by molar-refractivity contribution is -0.232. The Morgan fingerprint density at radius 3 is 2.27 bits per heavy atom. The van der Waals surface area contributed by atoms with Crippen LogP contribution in [0, 0.1) is 6.92 Å². The molecule has 0 bridgehead atoms. The molecule has 30 heavy (non-hydrogen) atoms. The third-order valence-corrected chi connectivity index (χ3v) is 5.77. The fraction of sp³-hybridized carbons (Fsp3) is 0.478. The average molecular weight is 418 g/mol. The van der Waals surface area contributed by atoms with E-state index in [1.54, 1.807) is 12.1 Å². The van der Waals surface area contributed by atoms with Gasteiger partial charge in [-0.05, 0) is 67.1 Å². The van der Waals surface area contributed by atoms with Crippen LogP contribution in [-0.4, -0.2) is 63.1 Å². The Morgan fingerprint density at radius 1 is 0.967 bits per heavy atom. The molecule has 0 aromatic heterocycles. The van der Waals surface area contributed by atoms with Crippen LogP contribution in [0.1, 0.15) is 40.3 Å². The molecule has 0 spiro atoms. The SMILES string of the molecule is Cc1cc(O)c([C@@H]2O[C@H](CO)[C@@H](O)C(O)[C@H]2O)cc1Cc1ccc(CCCN)cc1. The van der Waals surface area contributed by atoms with Crippen LogP contribution < -0.4 is 5.73 Å². The molecule has 1 aliphatic rings. The first-order chi connectivity index (χ1) is 14.3. The fourth-order valence-corrected chi connectivity index (χ4v) is 3.88. The Morgan fingerprint density at radius 2 is 1.63 bits per heavy atom. The van der Waals surface area contributed by atoms with Gasteiger partial charge in [-0.25, -0.2) is 0 Å². The van der Waals surface area contributed by atoms with E-state index in [0.717, 1.165) is 29.5 Å². The molecule has 0 saturated carbocycles. The second kappa shape index (κ2) is 9.87. The van der Waals surface area contributed by atoms with Gasteiger partial charge in [0, 0.05) is 5.56 Å². The number of rotatable bonds is 7. The van der Waals surface area contributed by atoms with E-state index in [0.29, 0.717) is 18.5 Å². The van der Waals surface area contributed by atoms with Crippen LogP contribution in [0.15, 0.2) is 36.4 Å². The predicted octanol–water partition coefficient (Wildman–Crippen LogP) is 0.698. The topological polar surface area (TPSA) is 136 Å². The van der Waals surface area contributed by atoms with Crippen LogP contribution in [0.5, 0.6) is 5.75 Å². The maximum Gasteiger partial charge on any atom is 0.121 e. The highest BCUT2D eigenvalue weighted by Crippen LogP contribution is 2.38. The van der Waals surface area contributed by atoms with Gasteiger partial charge in [-0.2, -0.15) is 0 Å². The Bertz CT molecular complexity index is 838. The lowest BCUT2D eigenvalue weighted by Crippen LogP contribution is -2.55.